The fourth-order valence-electron chi connectivity index (χ4n) is 4.23. The molecule has 3 heterocycles. The van der Waals surface area contributed by atoms with Crippen molar-refractivity contribution in [1.82, 2.24) is 15.1 Å². The predicted octanol–water partition coefficient (Wildman–Crippen LogP) is 1.93. The number of nitro benzene ring substituents is 3. The summed E-state index contributed by atoms with van der Waals surface area (Å²) in [4.78, 5) is 33.1. The number of nitrogens with one attached hydrogen (secondary N) is 1. The molecule has 32 heavy (non-hydrogen) atoms. The quantitative estimate of drug-likeness (QED) is 0.489. The largest absolute Gasteiger partial charge is 0.497 e. The van der Waals surface area contributed by atoms with E-state index in [9.17, 15) is 30.3 Å². The number of thioether (sulfide) groups is 1. The van der Waals surface area contributed by atoms with E-state index in [1.54, 1.807) is 0 Å². The Kier molecular flexibility index (Phi) is 7.17. The topological polar surface area (TPSA) is 168 Å². The van der Waals surface area contributed by atoms with E-state index >= 15 is 0 Å². The van der Waals surface area contributed by atoms with Crippen molar-refractivity contribution in [1.29, 1.82) is 0 Å². The van der Waals surface area contributed by atoms with E-state index in [0.29, 0.717) is 17.0 Å². The van der Waals surface area contributed by atoms with Gasteiger partial charge in [-0.05, 0) is 39.9 Å². The van der Waals surface area contributed by atoms with E-state index in [4.69, 9.17) is 5.11 Å². The summed E-state index contributed by atoms with van der Waals surface area (Å²) in [7, 11) is 4.50. The van der Waals surface area contributed by atoms with E-state index in [1.165, 1.54) is 45.4 Å². The lowest BCUT2D eigenvalue weighted by Crippen LogP contribution is -2.51. The number of non-ortho nitro benzene ring substituents is 1. The summed E-state index contributed by atoms with van der Waals surface area (Å²) in [6.45, 7) is 5.06. The number of nitrogens with zero attached hydrogens (tertiary/aromatic N) is 5. The van der Waals surface area contributed by atoms with Gasteiger partial charge in [0.05, 0.1) is 31.8 Å². The molecule has 1 aromatic carbocycles. The molecule has 0 saturated carbocycles. The molecule has 1 spiro atoms. The first-order valence-corrected chi connectivity index (χ1v) is 11.0. The molecule has 2 unspecified atom stereocenters. The van der Waals surface area contributed by atoms with Gasteiger partial charge in [-0.25, -0.2) is 0 Å². The van der Waals surface area contributed by atoms with Gasteiger partial charge in [-0.15, -0.1) is 11.8 Å². The van der Waals surface area contributed by atoms with Crippen LogP contribution in [0.4, 0.5) is 17.1 Å². The third-order valence-corrected chi connectivity index (χ3v) is 7.80. The zero-order chi connectivity index (χ0) is 23.6. The Bertz CT molecular complexity index is 873. The molecule has 1 aromatic rings. The minimum atomic E-state index is -1.21. The maximum absolute atomic E-state index is 10.4. The minimum Gasteiger partial charge on any atom is -0.497 e. The summed E-state index contributed by atoms with van der Waals surface area (Å²) in [5.41, 5.74) is -3.00. The van der Waals surface area contributed by atoms with Gasteiger partial charge in [0.25, 0.3) is 11.4 Å². The number of nitro groups is 3. The van der Waals surface area contributed by atoms with Crippen LogP contribution in [0.2, 0.25) is 0 Å². The van der Waals surface area contributed by atoms with Crippen LogP contribution in [-0.2, 0) is 0 Å². The highest BCUT2D eigenvalue weighted by atomic mass is 32.2. The predicted molar refractivity (Wildman–Crippen MR) is 118 cm³/mol. The summed E-state index contributed by atoms with van der Waals surface area (Å²) in [6, 6.07) is 1.68. The molecule has 14 heteroatoms. The zero-order valence-corrected chi connectivity index (χ0v) is 18.6. The molecule has 4 rings (SSSR count). The van der Waals surface area contributed by atoms with Gasteiger partial charge in [0.2, 0.25) is 0 Å². The number of phenolic OH excluding ortho intramolecular Hbond substituents is 1. The second-order valence-electron chi connectivity index (χ2n) is 8.36. The maximum atomic E-state index is 10.4. The van der Waals surface area contributed by atoms with E-state index < -0.39 is 37.6 Å². The fourth-order valence-corrected chi connectivity index (χ4v) is 6.15. The number of likely N-dealkylation sites (tertiary alicyclic amines) is 2. The number of rotatable bonds is 3. The molecular formula is C18H26N6O7S. The summed E-state index contributed by atoms with van der Waals surface area (Å²) in [5.74, 6) is -1.21. The average molecular weight is 471 g/mol. The lowest BCUT2D eigenvalue weighted by atomic mass is 10.00. The fraction of sp³-hybridized carbons (Fsp3) is 0.667. The van der Waals surface area contributed by atoms with Crippen molar-refractivity contribution in [3.8, 4) is 5.75 Å². The van der Waals surface area contributed by atoms with Crippen LogP contribution in [0.3, 0.4) is 0 Å². The van der Waals surface area contributed by atoms with Crippen molar-refractivity contribution >= 4 is 28.8 Å². The highest BCUT2D eigenvalue weighted by Gasteiger charge is 2.47. The third-order valence-electron chi connectivity index (χ3n) is 6.04. The number of piperidine rings is 2. The van der Waals surface area contributed by atoms with Gasteiger partial charge < -0.3 is 14.9 Å². The number of phenols is 1. The third kappa shape index (κ3) is 5.26. The standard InChI is InChI=1S/C12H23N3S.C6H3N3O7/c1-14-7-4-12(5-8-14)13-10-3-6-15(2)9-11(10)16-12;10-6-4(8(13)14)1-3(7(11)12)2-5(6)9(15)16/h10-11,13H,3-9H2,1-2H3;1-2,10H. The Balaban J connectivity index is 0.000000181. The average Bonchev–Trinajstić information content (AvgIpc) is 3.07. The zero-order valence-electron chi connectivity index (χ0n) is 17.8. The van der Waals surface area contributed by atoms with Crippen molar-refractivity contribution in [2.45, 2.75) is 35.4 Å². The molecule has 2 N–H and O–H groups in total. The van der Waals surface area contributed by atoms with E-state index in [1.807, 2.05) is 0 Å². The minimum absolute atomic E-state index is 0.424. The molecule has 3 aliphatic heterocycles. The first-order valence-electron chi connectivity index (χ1n) is 10.1. The Morgan fingerprint density at radius 3 is 2.06 bits per heavy atom. The van der Waals surface area contributed by atoms with Crippen molar-refractivity contribution in [3.05, 3.63) is 42.5 Å². The van der Waals surface area contributed by atoms with Gasteiger partial charge in [0, 0.05) is 30.9 Å². The van der Waals surface area contributed by atoms with Crippen molar-refractivity contribution in [2.75, 3.05) is 40.3 Å². The highest BCUT2D eigenvalue weighted by molar-refractivity contribution is 8.01. The van der Waals surface area contributed by atoms with Gasteiger partial charge in [-0.1, -0.05) is 0 Å². The van der Waals surface area contributed by atoms with Crippen LogP contribution in [0, 0.1) is 30.3 Å². The van der Waals surface area contributed by atoms with Crippen LogP contribution < -0.4 is 5.32 Å². The van der Waals surface area contributed by atoms with Gasteiger partial charge in [0.1, 0.15) is 0 Å². The molecule has 3 saturated heterocycles. The molecule has 0 aromatic heterocycles. The number of benzene rings is 1. The lowest BCUT2D eigenvalue weighted by Gasteiger charge is -2.37. The molecule has 0 bridgehead atoms. The number of hydrogen-bond acceptors (Lipinski definition) is 11. The number of hydrogen-bond donors (Lipinski definition) is 2. The first-order chi connectivity index (χ1) is 15.0. The molecule has 3 fully saturated rings. The molecular weight excluding hydrogens is 444 g/mol. The summed E-state index contributed by atoms with van der Waals surface area (Å²) >= 11 is 2.24. The monoisotopic (exact) mass is 470 g/mol. The maximum Gasteiger partial charge on any atom is 0.324 e. The molecule has 2 atom stereocenters. The number of aromatic hydroxyl groups is 1. The molecule has 0 radical (unpaired) electrons. The normalized spacial score (nSPS) is 24.9. The summed E-state index contributed by atoms with van der Waals surface area (Å²) in [5, 5.41) is 45.0. The smallest absolute Gasteiger partial charge is 0.324 e. The van der Waals surface area contributed by atoms with Gasteiger partial charge in [-0.3, -0.25) is 35.7 Å². The Morgan fingerprint density at radius 2 is 1.56 bits per heavy atom. The van der Waals surface area contributed by atoms with E-state index in [0.717, 1.165) is 11.3 Å². The second kappa shape index (κ2) is 9.52. The lowest BCUT2D eigenvalue weighted by molar-refractivity contribution is -0.404. The van der Waals surface area contributed by atoms with Crippen molar-refractivity contribution in [3.63, 3.8) is 0 Å². The molecule has 176 valence electrons. The molecule has 3 aliphatic rings. The summed E-state index contributed by atoms with van der Waals surface area (Å²) < 4.78 is 0. The van der Waals surface area contributed by atoms with Crippen LogP contribution in [0.5, 0.6) is 5.75 Å². The Labute approximate surface area is 188 Å². The highest BCUT2D eigenvalue weighted by Crippen LogP contribution is 2.45. The second-order valence-corrected chi connectivity index (χ2v) is 9.98. The van der Waals surface area contributed by atoms with Gasteiger partial charge >= 0.3 is 11.4 Å². The SMILES string of the molecule is CN1CCC2(CC1)NC1CCN(C)CC1S2.O=[N+]([O-])c1cc([N+](=O)[O-])c(O)c([N+](=O)[O-])c1. The van der Waals surface area contributed by atoms with Gasteiger partial charge in [-0.2, -0.15) is 0 Å². The van der Waals surface area contributed by atoms with Crippen LogP contribution in [-0.4, -0.2) is 86.1 Å². The van der Waals surface area contributed by atoms with Crippen LogP contribution >= 0.6 is 11.8 Å². The van der Waals surface area contributed by atoms with Crippen LogP contribution in [0.1, 0.15) is 19.3 Å². The summed E-state index contributed by atoms with van der Waals surface area (Å²) in [6.07, 6.45) is 3.99. The molecule has 0 aliphatic carbocycles. The van der Waals surface area contributed by atoms with E-state index in [-0.39, 0.29) is 0 Å². The van der Waals surface area contributed by atoms with Crippen LogP contribution in [0.25, 0.3) is 0 Å². The molecule has 13 nitrogen and oxygen atoms in total. The number of fused-ring (bicyclic) bond motifs is 1. The molecule has 0 amide bonds. The first kappa shape index (κ1) is 24.1. The van der Waals surface area contributed by atoms with Crippen molar-refractivity contribution < 1.29 is 19.9 Å². The Morgan fingerprint density at radius 1 is 1.00 bits per heavy atom. The van der Waals surface area contributed by atoms with E-state index in [2.05, 4.69) is 41.0 Å². The van der Waals surface area contributed by atoms with Crippen molar-refractivity contribution in [2.24, 2.45) is 0 Å². The Hall–Kier alpha value is -2.55. The van der Waals surface area contributed by atoms with Crippen LogP contribution in [0.15, 0.2) is 12.1 Å². The van der Waals surface area contributed by atoms with Gasteiger partial charge in [0.15, 0.2) is 0 Å².